The van der Waals surface area contributed by atoms with E-state index in [-0.39, 0.29) is 11.7 Å². The molecule has 3 aromatic rings. The predicted octanol–water partition coefficient (Wildman–Crippen LogP) is 3.83. The van der Waals surface area contributed by atoms with Crippen molar-refractivity contribution >= 4 is 23.1 Å². The molecule has 0 aliphatic carbocycles. The lowest BCUT2D eigenvalue weighted by Gasteiger charge is -2.40. The summed E-state index contributed by atoms with van der Waals surface area (Å²) in [5.41, 5.74) is 9.40. The van der Waals surface area contributed by atoms with E-state index in [0.29, 0.717) is 30.7 Å². The van der Waals surface area contributed by atoms with Gasteiger partial charge in [0, 0.05) is 61.6 Å². The van der Waals surface area contributed by atoms with E-state index in [1.54, 1.807) is 30.7 Å². The molecule has 3 N–H and O–H groups in total. The van der Waals surface area contributed by atoms with Crippen LogP contribution in [-0.2, 0) is 9.47 Å². The van der Waals surface area contributed by atoms with Crippen molar-refractivity contribution in [3.05, 3.63) is 65.9 Å². The molecule has 2 aromatic heterocycles. The molecule has 1 spiro atoms. The minimum absolute atomic E-state index is 0.0754. The van der Waals surface area contributed by atoms with Crippen molar-refractivity contribution in [2.75, 3.05) is 42.3 Å². The number of rotatable bonds is 5. The molecule has 0 radical (unpaired) electrons. The zero-order valence-corrected chi connectivity index (χ0v) is 18.5. The van der Waals surface area contributed by atoms with Crippen LogP contribution >= 0.6 is 0 Å². The Kier molecular flexibility index (Phi) is 5.82. The Morgan fingerprint density at radius 2 is 1.82 bits per heavy atom. The van der Waals surface area contributed by atoms with Crippen molar-refractivity contribution in [3.8, 4) is 0 Å². The van der Waals surface area contributed by atoms with Crippen molar-refractivity contribution in [2.45, 2.75) is 31.5 Å². The molecule has 4 heterocycles. The summed E-state index contributed by atoms with van der Waals surface area (Å²) in [4.78, 5) is 15.3. The molecule has 8 nitrogen and oxygen atoms in total. The number of hydrogen-bond donors (Lipinski definition) is 2. The number of benzene rings is 1. The number of pyridine rings is 1. The summed E-state index contributed by atoms with van der Waals surface area (Å²) in [6, 6.07) is 8.52. The number of piperidine rings is 1. The van der Waals surface area contributed by atoms with Crippen molar-refractivity contribution in [1.82, 2.24) is 15.0 Å². The van der Waals surface area contributed by atoms with Crippen LogP contribution in [0.25, 0.3) is 0 Å². The van der Waals surface area contributed by atoms with Crippen LogP contribution in [0.15, 0.2) is 48.9 Å². The van der Waals surface area contributed by atoms with Gasteiger partial charge in [-0.25, -0.2) is 14.4 Å². The maximum Gasteiger partial charge on any atom is 0.171 e. The van der Waals surface area contributed by atoms with Gasteiger partial charge in [-0.05, 0) is 17.7 Å². The molecular weight excluding hydrogens is 423 g/mol. The SMILES string of the molecule is C[C@@H](c1ccc(F)cc1)c1c(N2CCC3(CC2)OCCO3)cc(Nc2cnccn2)nc1N. The third-order valence-electron chi connectivity index (χ3n) is 6.37. The van der Waals surface area contributed by atoms with Crippen LogP contribution in [-0.4, -0.2) is 47.0 Å². The van der Waals surface area contributed by atoms with Gasteiger partial charge >= 0.3 is 0 Å². The van der Waals surface area contributed by atoms with E-state index in [1.165, 1.54) is 12.1 Å². The second kappa shape index (κ2) is 8.92. The Bertz CT molecular complexity index is 1100. The van der Waals surface area contributed by atoms with E-state index in [9.17, 15) is 4.39 Å². The fraction of sp³-hybridized carbons (Fsp3) is 0.375. The summed E-state index contributed by atoms with van der Waals surface area (Å²) in [6.45, 7) is 4.87. The highest BCUT2D eigenvalue weighted by atomic mass is 19.1. The molecule has 2 aliphatic rings. The second-order valence-corrected chi connectivity index (χ2v) is 8.41. The summed E-state index contributed by atoms with van der Waals surface area (Å²) in [7, 11) is 0. The van der Waals surface area contributed by atoms with Gasteiger partial charge in [-0.2, -0.15) is 0 Å². The molecule has 2 aliphatic heterocycles. The molecule has 2 saturated heterocycles. The van der Waals surface area contributed by atoms with Gasteiger partial charge in [0.15, 0.2) is 5.79 Å². The van der Waals surface area contributed by atoms with Crippen molar-refractivity contribution < 1.29 is 13.9 Å². The Labute approximate surface area is 192 Å². The lowest BCUT2D eigenvalue weighted by molar-refractivity contribution is -0.169. The molecule has 33 heavy (non-hydrogen) atoms. The second-order valence-electron chi connectivity index (χ2n) is 8.41. The Hall–Kier alpha value is -3.30. The van der Waals surface area contributed by atoms with Crippen molar-refractivity contribution in [3.63, 3.8) is 0 Å². The third-order valence-corrected chi connectivity index (χ3v) is 6.37. The van der Waals surface area contributed by atoms with E-state index in [4.69, 9.17) is 15.2 Å². The Morgan fingerprint density at radius 3 is 2.48 bits per heavy atom. The first-order valence-electron chi connectivity index (χ1n) is 11.1. The smallest absolute Gasteiger partial charge is 0.171 e. The molecule has 1 aromatic carbocycles. The van der Waals surface area contributed by atoms with Crippen LogP contribution in [0.2, 0.25) is 0 Å². The summed E-state index contributed by atoms with van der Waals surface area (Å²) in [5.74, 6) is 0.779. The Balaban J connectivity index is 1.50. The summed E-state index contributed by atoms with van der Waals surface area (Å²) >= 11 is 0. The van der Waals surface area contributed by atoms with Crippen LogP contribution in [0, 0.1) is 5.82 Å². The van der Waals surface area contributed by atoms with Gasteiger partial charge in [0.05, 0.1) is 19.4 Å². The average Bonchev–Trinajstić information content (AvgIpc) is 3.28. The van der Waals surface area contributed by atoms with E-state index in [1.807, 2.05) is 6.07 Å². The van der Waals surface area contributed by atoms with Crippen LogP contribution < -0.4 is 16.0 Å². The van der Waals surface area contributed by atoms with E-state index in [0.717, 1.165) is 42.7 Å². The zero-order valence-electron chi connectivity index (χ0n) is 18.5. The number of hydrogen-bond acceptors (Lipinski definition) is 8. The molecule has 0 bridgehead atoms. The number of nitrogen functional groups attached to an aromatic ring is 1. The first-order valence-corrected chi connectivity index (χ1v) is 11.1. The van der Waals surface area contributed by atoms with E-state index < -0.39 is 5.79 Å². The quantitative estimate of drug-likeness (QED) is 0.605. The highest BCUT2D eigenvalue weighted by Gasteiger charge is 2.40. The van der Waals surface area contributed by atoms with E-state index >= 15 is 0 Å². The number of ether oxygens (including phenoxy) is 2. The average molecular weight is 451 g/mol. The topological polar surface area (TPSA) is 98.4 Å². The number of nitrogens with one attached hydrogen (secondary N) is 1. The number of halogens is 1. The number of aromatic nitrogens is 3. The fourth-order valence-electron chi connectivity index (χ4n) is 4.62. The standard InChI is InChI=1S/C24H27FN6O2/c1-16(17-2-4-18(25)5-3-17)22-19(31-10-6-24(7-11-31)32-12-13-33-24)14-20(30-23(22)26)29-21-15-27-8-9-28-21/h2-5,8-9,14-16H,6-7,10-13H2,1H3,(H3,26,28,29,30)/t16-/m0/s1. The molecule has 0 saturated carbocycles. The Morgan fingerprint density at radius 1 is 1.09 bits per heavy atom. The lowest BCUT2D eigenvalue weighted by Crippen LogP contribution is -2.45. The molecule has 0 unspecified atom stereocenters. The molecule has 1 atom stereocenters. The fourth-order valence-corrected chi connectivity index (χ4v) is 4.62. The number of nitrogens with two attached hydrogens (primary N) is 1. The van der Waals surface area contributed by atoms with Gasteiger partial charge in [-0.15, -0.1) is 0 Å². The van der Waals surface area contributed by atoms with Crippen molar-refractivity contribution in [2.24, 2.45) is 0 Å². The highest BCUT2D eigenvalue weighted by molar-refractivity contribution is 5.71. The monoisotopic (exact) mass is 450 g/mol. The summed E-state index contributed by atoms with van der Waals surface area (Å²) < 4.78 is 25.3. The highest BCUT2D eigenvalue weighted by Crippen LogP contribution is 2.41. The van der Waals surface area contributed by atoms with Gasteiger partial charge in [0.2, 0.25) is 0 Å². The molecular formula is C24H27FN6O2. The first kappa shape index (κ1) is 21.5. The normalized spacial score (nSPS) is 18.4. The van der Waals surface area contributed by atoms with Gasteiger partial charge in [0.1, 0.15) is 23.3 Å². The van der Waals surface area contributed by atoms with Gasteiger partial charge in [-0.3, -0.25) is 4.98 Å². The van der Waals surface area contributed by atoms with Gasteiger partial charge in [0.25, 0.3) is 0 Å². The minimum Gasteiger partial charge on any atom is -0.383 e. The molecule has 0 amide bonds. The van der Waals surface area contributed by atoms with Crippen LogP contribution in [0.4, 0.5) is 27.5 Å². The molecule has 5 rings (SSSR count). The zero-order chi connectivity index (χ0) is 22.8. The largest absolute Gasteiger partial charge is 0.383 e. The molecule has 2 fully saturated rings. The number of nitrogens with zero attached hydrogens (tertiary/aromatic N) is 4. The van der Waals surface area contributed by atoms with Crippen LogP contribution in [0.1, 0.15) is 36.8 Å². The maximum atomic E-state index is 13.5. The molecule has 9 heteroatoms. The van der Waals surface area contributed by atoms with Gasteiger partial charge < -0.3 is 25.4 Å². The van der Waals surface area contributed by atoms with Crippen LogP contribution in [0.5, 0.6) is 0 Å². The van der Waals surface area contributed by atoms with Crippen molar-refractivity contribution in [1.29, 1.82) is 0 Å². The predicted molar refractivity (Wildman–Crippen MR) is 124 cm³/mol. The first-order chi connectivity index (χ1) is 16.0. The summed E-state index contributed by atoms with van der Waals surface area (Å²) in [5, 5.41) is 3.20. The third kappa shape index (κ3) is 4.46. The van der Waals surface area contributed by atoms with E-state index in [2.05, 4.69) is 32.1 Å². The maximum absolute atomic E-state index is 13.5. The molecule has 172 valence electrons. The number of anilines is 4. The summed E-state index contributed by atoms with van der Waals surface area (Å²) in [6.07, 6.45) is 6.40. The minimum atomic E-state index is -0.474. The van der Waals surface area contributed by atoms with Gasteiger partial charge in [-0.1, -0.05) is 19.1 Å². The lowest BCUT2D eigenvalue weighted by atomic mass is 9.91. The van der Waals surface area contributed by atoms with Crippen LogP contribution in [0.3, 0.4) is 0 Å².